The van der Waals surface area contributed by atoms with Gasteiger partial charge in [-0.3, -0.25) is 9.59 Å². The normalized spacial score (nSPS) is 15.3. The number of nitrogens with one attached hydrogen (secondary N) is 3. The Bertz CT molecular complexity index is 1500. The molecule has 0 radical (unpaired) electrons. The van der Waals surface area contributed by atoms with E-state index in [0.29, 0.717) is 0 Å². The van der Waals surface area contributed by atoms with Gasteiger partial charge in [0.15, 0.2) is 11.6 Å². The number of ether oxygens (including phenoxy) is 2. The van der Waals surface area contributed by atoms with Crippen LogP contribution in [0.3, 0.4) is 0 Å². The fourth-order valence-electron chi connectivity index (χ4n) is 3.99. The summed E-state index contributed by atoms with van der Waals surface area (Å²) in [5.74, 6) is -1.25. The van der Waals surface area contributed by atoms with Crippen molar-refractivity contribution in [2.45, 2.75) is 19.0 Å². The number of benzene rings is 2. The molecule has 0 unspecified atom stereocenters. The molecule has 1 aliphatic carbocycles. The summed E-state index contributed by atoms with van der Waals surface area (Å²) in [6.07, 6.45) is -1.70. The van der Waals surface area contributed by atoms with E-state index >= 15 is 0 Å². The molecule has 0 spiro atoms. The second kappa shape index (κ2) is 11.4. The van der Waals surface area contributed by atoms with Crippen LogP contribution >= 0.6 is 0 Å². The summed E-state index contributed by atoms with van der Waals surface area (Å²) < 4.78 is 65.9. The third-order valence-corrected chi connectivity index (χ3v) is 6.15. The number of aromatic nitrogens is 1. The van der Waals surface area contributed by atoms with Crippen molar-refractivity contribution in [3.63, 3.8) is 0 Å². The van der Waals surface area contributed by atoms with Gasteiger partial charge >= 0.3 is 12.2 Å². The Kier molecular flexibility index (Phi) is 7.75. The lowest BCUT2D eigenvalue weighted by Crippen LogP contribution is -2.41. The van der Waals surface area contributed by atoms with Crippen molar-refractivity contribution >= 4 is 40.7 Å². The Morgan fingerprint density at radius 2 is 1.78 bits per heavy atom. The highest BCUT2D eigenvalue weighted by molar-refractivity contribution is 6.01. The zero-order valence-corrected chi connectivity index (χ0v) is 21.3. The predicted octanol–water partition coefficient (Wildman–Crippen LogP) is 5.39. The number of anilines is 4. The fraction of sp³-hybridized carbons (Fsp3) is 0.259. The van der Waals surface area contributed by atoms with Gasteiger partial charge in [-0.1, -0.05) is 0 Å². The molecule has 214 valence electrons. The number of carbonyl (C=O) groups is 3. The molecule has 41 heavy (non-hydrogen) atoms. The van der Waals surface area contributed by atoms with Crippen LogP contribution in [0.2, 0.25) is 0 Å². The fourth-order valence-corrected chi connectivity index (χ4v) is 3.99. The molecule has 2 fully saturated rings. The van der Waals surface area contributed by atoms with Gasteiger partial charge in [0.1, 0.15) is 18.2 Å². The van der Waals surface area contributed by atoms with Gasteiger partial charge < -0.3 is 30.3 Å². The molecule has 10 nitrogen and oxygen atoms in total. The van der Waals surface area contributed by atoms with Crippen molar-refractivity contribution in [1.29, 1.82) is 0 Å². The molecular formula is C27H23F4N5O5. The molecule has 5 rings (SSSR count). The lowest BCUT2D eigenvalue weighted by Gasteiger charge is -2.28. The maximum absolute atomic E-state index is 14.8. The number of pyridine rings is 1. The quantitative estimate of drug-likeness (QED) is 0.326. The first-order valence-corrected chi connectivity index (χ1v) is 12.5. The molecule has 14 heteroatoms. The number of rotatable bonds is 7. The van der Waals surface area contributed by atoms with Crippen molar-refractivity contribution in [3.8, 4) is 11.5 Å². The van der Waals surface area contributed by atoms with E-state index in [1.54, 1.807) is 0 Å². The van der Waals surface area contributed by atoms with Crippen molar-refractivity contribution in [2.24, 2.45) is 5.92 Å². The van der Waals surface area contributed by atoms with Crippen molar-refractivity contribution in [1.82, 2.24) is 4.98 Å². The van der Waals surface area contributed by atoms with Crippen LogP contribution in [0.5, 0.6) is 11.5 Å². The van der Waals surface area contributed by atoms with Gasteiger partial charge in [-0.25, -0.2) is 14.2 Å². The van der Waals surface area contributed by atoms with E-state index in [9.17, 15) is 31.9 Å². The van der Waals surface area contributed by atoms with Crippen LogP contribution in [-0.4, -0.2) is 42.6 Å². The molecule has 0 bridgehead atoms. The zero-order valence-electron chi connectivity index (χ0n) is 21.3. The smallest absolute Gasteiger partial charge is 0.416 e. The summed E-state index contributed by atoms with van der Waals surface area (Å²) in [6, 6.07) is 8.28. The van der Waals surface area contributed by atoms with Gasteiger partial charge in [0.2, 0.25) is 5.91 Å². The van der Waals surface area contributed by atoms with Gasteiger partial charge in [0.25, 0.3) is 5.91 Å². The molecule has 1 saturated heterocycles. The Hall–Kier alpha value is -4.72. The number of morpholine rings is 1. The molecule has 2 aromatic carbocycles. The second-order valence-corrected chi connectivity index (χ2v) is 9.33. The molecule has 1 aliphatic heterocycles. The highest BCUT2D eigenvalue weighted by Crippen LogP contribution is 2.35. The monoisotopic (exact) mass is 573 g/mol. The third kappa shape index (κ3) is 7.08. The summed E-state index contributed by atoms with van der Waals surface area (Å²) in [7, 11) is 0. The van der Waals surface area contributed by atoms with Gasteiger partial charge in [-0.2, -0.15) is 13.2 Å². The summed E-state index contributed by atoms with van der Waals surface area (Å²) in [4.78, 5) is 41.8. The first-order chi connectivity index (χ1) is 19.5. The molecule has 2 heterocycles. The number of hydrogen-bond acceptors (Lipinski definition) is 6. The highest BCUT2D eigenvalue weighted by Gasteiger charge is 2.33. The molecule has 3 N–H and O–H groups in total. The average Bonchev–Trinajstić information content (AvgIpc) is 3.76. The van der Waals surface area contributed by atoms with Gasteiger partial charge in [0, 0.05) is 47.9 Å². The van der Waals surface area contributed by atoms with Crippen molar-refractivity contribution in [2.75, 3.05) is 40.6 Å². The van der Waals surface area contributed by atoms with Crippen LogP contribution < -0.4 is 25.6 Å². The number of urea groups is 1. The number of amides is 4. The van der Waals surface area contributed by atoms with Crippen LogP contribution in [0.25, 0.3) is 0 Å². The molecule has 2 aliphatic rings. The van der Waals surface area contributed by atoms with Crippen LogP contribution in [-0.2, 0) is 20.5 Å². The van der Waals surface area contributed by atoms with Crippen LogP contribution in [0.1, 0.15) is 18.4 Å². The van der Waals surface area contributed by atoms with E-state index in [2.05, 4.69) is 20.9 Å². The predicted molar refractivity (Wildman–Crippen MR) is 139 cm³/mol. The van der Waals surface area contributed by atoms with E-state index in [-0.39, 0.29) is 66.0 Å². The van der Waals surface area contributed by atoms with E-state index < -0.39 is 29.5 Å². The zero-order chi connectivity index (χ0) is 29.1. The van der Waals surface area contributed by atoms with Gasteiger partial charge in [0.05, 0.1) is 12.2 Å². The minimum absolute atomic E-state index is 0.00461. The Balaban J connectivity index is 1.25. The summed E-state index contributed by atoms with van der Waals surface area (Å²) in [6.45, 7) is -0.0741. The van der Waals surface area contributed by atoms with E-state index in [1.165, 1.54) is 36.5 Å². The Morgan fingerprint density at radius 3 is 2.49 bits per heavy atom. The largest absolute Gasteiger partial charge is 0.454 e. The Morgan fingerprint density at radius 1 is 1.00 bits per heavy atom. The molecule has 1 saturated carbocycles. The van der Waals surface area contributed by atoms with E-state index in [4.69, 9.17) is 9.47 Å². The SMILES string of the molecule is O=C(Nc1cc(N2CCOCC2=O)cc(C(F)(F)F)c1)Nc1ccc(Oc2ccnc(NC(=O)C3CC3)c2)c(F)c1. The lowest BCUT2D eigenvalue weighted by molar-refractivity contribution is -0.137. The number of halogens is 4. The number of carbonyl (C=O) groups excluding carboxylic acids is 3. The highest BCUT2D eigenvalue weighted by atomic mass is 19.4. The second-order valence-electron chi connectivity index (χ2n) is 9.33. The molecule has 0 atom stereocenters. The average molecular weight is 574 g/mol. The maximum Gasteiger partial charge on any atom is 0.416 e. The number of hydrogen-bond donors (Lipinski definition) is 3. The van der Waals surface area contributed by atoms with E-state index in [0.717, 1.165) is 35.9 Å². The summed E-state index contributed by atoms with van der Waals surface area (Å²) in [5.41, 5.74) is -1.35. The maximum atomic E-state index is 14.8. The molecule has 4 amide bonds. The van der Waals surface area contributed by atoms with Crippen molar-refractivity contribution < 1.29 is 41.4 Å². The van der Waals surface area contributed by atoms with Crippen LogP contribution in [0.15, 0.2) is 54.7 Å². The number of nitrogens with zero attached hydrogens (tertiary/aromatic N) is 2. The summed E-state index contributed by atoms with van der Waals surface area (Å²) >= 11 is 0. The van der Waals surface area contributed by atoms with Gasteiger partial charge in [-0.15, -0.1) is 0 Å². The first kappa shape index (κ1) is 27.8. The van der Waals surface area contributed by atoms with Crippen LogP contribution in [0, 0.1) is 11.7 Å². The third-order valence-electron chi connectivity index (χ3n) is 6.15. The minimum atomic E-state index is -4.74. The molecular weight excluding hydrogens is 550 g/mol. The molecule has 1 aromatic heterocycles. The molecule has 3 aromatic rings. The van der Waals surface area contributed by atoms with Crippen molar-refractivity contribution in [3.05, 3.63) is 66.1 Å². The van der Waals surface area contributed by atoms with Crippen LogP contribution in [0.4, 0.5) is 45.2 Å². The number of alkyl halides is 3. The standard InChI is InChI=1S/C27H23F4N5O5/c28-21-12-17(3-4-22(21)41-20-5-6-32-23(13-20)35-25(38)15-1-2-15)33-26(39)34-18-9-16(27(29,30)31)10-19(11-18)36-7-8-40-14-24(36)37/h3-6,9-13,15H,1-2,7-8,14H2,(H,32,35,38)(H2,33,34,39). The first-order valence-electron chi connectivity index (χ1n) is 12.5. The van der Waals surface area contributed by atoms with E-state index in [1.807, 2.05) is 0 Å². The topological polar surface area (TPSA) is 122 Å². The lowest BCUT2D eigenvalue weighted by atomic mass is 10.1. The van der Waals surface area contributed by atoms with Gasteiger partial charge in [-0.05, 0) is 49.2 Å². The Labute approximate surface area is 230 Å². The summed E-state index contributed by atoms with van der Waals surface area (Å²) in [5, 5.41) is 7.31. The minimum Gasteiger partial charge on any atom is -0.454 e.